The summed E-state index contributed by atoms with van der Waals surface area (Å²) in [5.74, 6) is -1.06. The molecule has 0 aliphatic rings. The molecule has 0 aliphatic heterocycles. The lowest BCUT2D eigenvalue weighted by atomic mass is 10.0. The second-order valence-corrected chi connectivity index (χ2v) is 7.72. The SMILES string of the molecule is COCc1cc(Nc2cnc(C(F)(F)F)cn2)c2ccc(-c3ncc(C(N)=O)cc3C(F)(F)F)cc2n1. The topological polar surface area (TPSA) is 116 Å². The fourth-order valence-corrected chi connectivity index (χ4v) is 3.48. The normalized spacial score (nSPS) is 12.1. The van der Waals surface area contributed by atoms with Crippen LogP contribution in [0, 0.1) is 0 Å². The van der Waals surface area contributed by atoms with Gasteiger partial charge in [-0.25, -0.2) is 9.97 Å². The molecule has 0 atom stereocenters. The van der Waals surface area contributed by atoms with E-state index in [4.69, 9.17) is 10.5 Å². The Morgan fingerprint density at radius 3 is 2.32 bits per heavy atom. The van der Waals surface area contributed by atoms with E-state index >= 15 is 0 Å². The van der Waals surface area contributed by atoms with Crippen molar-refractivity contribution in [3.8, 4) is 11.3 Å². The number of alkyl halides is 6. The van der Waals surface area contributed by atoms with Crippen LogP contribution >= 0.6 is 0 Å². The minimum atomic E-state index is -4.83. The lowest BCUT2D eigenvalue weighted by Crippen LogP contribution is -2.15. The summed E-state index contributed by atoms with van der Waals surface area (Å²) in [7, 11) is 1.41. The van der Waals surface area contributed by atoms with Crippen LogP contribution in [0.3, 0.4) is 0 Å². The number of rotatable bonds is 6. The van der Waals surface area contributed by atoms with Crippen molar-refractivity contribution in [2.24, 2.45) is 5.73 Å². The first-order chi connectivity index (χ1) is 17.4. The molecule has 0 radical (unpaired) electrons. The van der Waals surface area contributed by atoms with Gasteiger partial charge in [-0.2, -0.15) is 26.3 Å². The van der Waals surface area contributed by atoms with E-state index in [-0.39, 0.29) is 23.5 Å². The smallest absolute Gasteiger partial charge is 0.378 e. The number of primary amides is 1. The lowest BCUT2D eigenvalue weighted by molar-refractivity contribution is -0.141. The Bertz CT molecular complexity index is 1470. The first kappa shape index (κ1) is 25.8. The minimum absolute atomic E-state index is 0.00370. The molecule has 0 unspecified atom stereocenters. The van der Waals surface area contributed by atoms with E-state index in [0.29, 0.717) is 29.0 Å². The molecule has 1 amide bonds. The third-order valence-corrected chi connectivity index (χ3v) is 5.11. The van der Waals surface area contributed by atoms with Crippen molar-refractivity contribution in [1.82, 2.24) is 19.9 Å². The Morgan fingerprint density at radius 1 is 0.973 bits per heavy atom. The highest BCUT2D eigenvalue weighted by atomic mass is 19.4. The van der Waals surface area contributed by atoms with Crippen LogP contribution in [-0.4, -0.2) is 33.0 Å². The zero-order valence-corrected chi connectivity index (χ0v) is 18.8. The van der Waals surface area contributed by atoms with Gasteiger partial charge in [0.05, 0.1) is 52.7 Å². The summed E-state index contributed by atoms with van der Waals surface area (Å²) in [6.45, 7) is 0.0346. The van der Waals surface area contributed by atoms with Crippen LogP contribution in [0.2, 0.25) is 0 Å². The van der Waals surface area contributed by atoms with Gasteiger partial charge in [-0.1, -0.05) is 12.1 Å². The Kier molecular flexibility index (Phi) is 6.69. The number of hydrogen-bond donors (Lipinski definition) is 2. The zero-order chi connectivity index (χ0) is 27.0. The van der Waals surface area contributed by atoms with E-state index in [9.17, 15) is 31.1 Å². The second-order valence-electron chi connectivity index (χ2n) is 7.72. The van der Waals surface area contributed by atoms with Crippen molar-refractivity contribution < 1.29 is 35.9 Å². The van der Waals surface area contributed by atoms with Crippen LogP contribution < -0.4 is 11.1 Å². The molecule has 0 spiro atoms. The van der Waals surface area contributed by atoms with Gasteiger partial charge in [0.2, 0.25) is 5.91 Å². The summed E-state index contributed by atoms with van der Waals surface area (Å²) in [4.78, 5) is 26.7. The number of hydrogen-bond acceptors (Lipinski definition) is 7. The average Bonchev–Trinajstić information content (AvgIpc) is 2.82. The molecule has 0 fully saturated rings. The van der Waals surface area contributed by atoms with Gasteiger partial charge in [0.25, 0.3) is 0 Å². The molecule has 0 bridgehead atoms. The Labute approximate surface area is 204 Å². The number of nitrogens with one attached hydrogen (secondary N) is 1. The van der Waals surface area contributed by atoms with E-state index in [1.165, 1.54) is 25.3 Å². The summed E-state index contributed by atoms with van der Waals surface area (Å²) >= 11 is 0. The number of ether oxygens (including phenoxy) is 1. The molecule has 14 heteroatoms. The highest BCUT2D eigenvalue weighted by molar-refractivity contribution is 5.96. The third kappa shape index (κ3) is 5.58. The van der Waals surface area contributed by atoms with Crippen LogP contribution in [0.15, 0.2) is 48.9 Å². The molecule has 0 saturated carbocycles. The van der Waals surface area contributed by atoms with Crippen LogP contribution in [0.4, 0.5) is 37.8 Å². The van der Waals surface area contributed by atoms with E-state index < -0.39 is 40.8 Å². The summed E-state index contributed by atoms with van der Waals surface area (Å²) < 4.78 is 84.7. The highest BCUT2D eigenvalue weighted by Crippen LogP contribution is 2.38. The van der Waals surface area contributed by atoms with Crippen molar-refractivity contribution >= 4 is 28.3 Å². The number of carbonyl (C=O) groups is 1. The minimum Gasteiger partial charge on any atom is -0.378 e. The van der Waals surface area contributed by atoms with Crippen LogP contribution in [0.25, 0.3) is 22.2 Å². The number of pyridine rings is 2. The van der Waals surface area contributed by atoms with Crippen molar-refractivity contribution in [3.05, 3.63) is 71.4 Å². The van der Waals surface area contributed by atoms with Gasteiger partial charge in [-0.05, 0) is 18.2 Å². The Morgan fingerprint density at radius 2 is 1.73 bits per heavy atom. The number of nitrogens with zero attached hydrogens (tertiary/aromatic N) is 4. The summed E-state index contributed by atoms with van der Waals surface area (Å²) in [5, 5.41) is 3.28. The molecule has 4 aromatic rings. The zero-order valence-electron chi connectivity index (χ0n) is 18.8. The number of amides is 1. The molecule has 3 heterocycles. The number of carbonyl (C=O) groups excluding carboxylic acids is 1. The Hall–Kier alpha value is -4.33. The maximum atomic E-state index is 13.7. The fraction of sp³-hybridized carbons (Fsp3) is 0.174. The number of nitrogens with two attached hydrogens (primary N) is 1. The molecule has 0 saturated heterocycles. The first-order valence-corrected chi connectivity index (χ1v) is 10.3. The summed E-state index contributed by atoms with van der Waals surface area (Å²) in [6.07, 6.45) is -7.07. The average molecular weight is 522 g/mol. The van der Waals surface area contributed by atoms with Crippen molar-refractivity contribution in [2.75, 3.05) is 12.4 Å². The van der Waals surface area contributed by atoms with E-state index in [0.717, 1.165) is 12.4 Å². The monoisotopic (exact) mass is 522 g/mol. The number of halogens is 6. The van der Waals surface area contributed by atoms with Crippen LogP contribution in [0.1, 0.15) is 27.3 Å². The highest BCUT2D eigenvalue weighted by Gasteiger charge is 2.35. The maximum Gasteiger partial charge on any atom is 0.434 e. The van der Waals surface area contributed by atoms with E-state index in [1.807, 2.05) is 0 Å². The molecule has 192 valence electrons. The summed E-state index contributed by atoms with van der Waals surface area (Å²) in [6, 6.07) is 6.38. The number of methoxy groups -OCH3 is 1. The maximum absolute atomic E-state index is 13.7. The van der Waals surface area contributed by atoms with Crippen LogP contribution in [-0.2, 0) is 23.7 Å². The number of anilines is 2. The number of benzene rings is 1. The van der Waals surface area contributed by atoms with E-state index in [2.05, 4.69) is 25.3 Å². The first-order valence-electron chi connectivity index (χ1n) is 10.3. The molecule has 8 nitrogen and oxygen atoms in total. The van der Waals surface area contributed by atoms with Crippen molar-refractivity contribution in [3.63, 3.8) is 0 Å². The fourth-order valence-electron chi connectivity index (χ4n) is 3.48. The molecule has 0 aliphatic carbocycles. The van der Waals surface area contributed by atoms with Gasteiger partial charge >= 0.3 is 12.4 Å². The largest absolute Gasteiger partial charge is 0.434 e. The molecular weight excluding hydrogens is 506 g/mol. The molecule has 4 rings (SSSR count). The second kappa shape index (κ2) is 9.61. The van der Waals surface area contributed by atoms with Crippen LogP contribution in [0.5, 0.6) is 0 Å². The molecule has 37 heavy (non-hydrogen) atoms. The van der Waals surface area contributed by atoms with Gasteiger partial charge in [-0.15, -0.1) is 0 Å². The summed E-state index contributed by atoms with van der Waals surface area (Å²) in [5.41, 5.74) is 2.96. The molecular formula is C23H16F6N6O2. The third-order valence-electron chi connectivity index (χ3n) is 5.11. The van der Waals surface area contributed by atoms with Gasteiger partial charge in [0.1, 0.15) is 5.82 Å². The lowest BCUT2D eigenvalue weighted by Gasteiger charge is -2.15. The van der Waals surface area contributed by atoms with Gasteiger partial charge in [0.15, 0.2) is 5.69 Å². The van der Waals surface area contributed by atoms with Crippen molar-refractivity contribution in [1.29, 1.82) is 0 Å². The molecule has 3 N–H and O–H groups in total. The quantitative estimate of drug-likeness (QED) is 0.338. The predicted molar refractivity (Wildman–Crippen MR) is 120 cm³/mol. The van der Waals surface area contributed by atoms with Crippen molar-refractivity contribution in [2.45, 2.75) is 19.0 Å². The van der Waals surface area contributed by atoms with Gasteiger partial charge in [0, 0.05) is 24.3 Å². The van der Waals surface area contributed by atoms with Gasteiger partial charge in [-0.3, -0.25) is 14.8 Å². The number of fused-ring (bicyclic) bond motifs is 1. The Balaban J connectivity index is 1.81. The predicted octanol–water partition coefficient (Wildman–Crippen LogP) is 5.11. The number of aromatic nitrogens is 4. The van der Waals surface area contributed by atoms with E-state index in [1.54, 1.807) is 6.07 Å². The molecule has 3 aromatic heterocycles. The standard InChI is InChI=1S/C23H16F6N6O2/c1-37-10-13-6-17(35-19-9-31-18(8-32-19)23(27,28)29)14-3-2-11(5-16(14)34-13)20-15(22(24,25)26)4-12(7-33-20)21(30)36/h2-9H,10H2,1H3,(H2,30,36)(H,32,34,35). The molecule has 1 aromatic carbocycles. The van der Waals surface area contributed by atoms with Gasteiger partial charge < -0.3 is 15.8 Å².